The molecule has 104 valence electrons. The molecule has 0 saturated carbocycles. The minimum atomic E-state index is -1.15. The average molecular weight is 300 g/mol. The van der Waals surface area contributed by atoms with Crippen molar-refractivity contribution in [2.75, 3.05) is 0 Å². The predicted molar refractivity (Wildman–Crippen MR) is 77.0 cm³/mol. The van der Waals surface area contributed by atoms with Crippen LogP contribution >= 0.6 is 11.8 Å². The topological polar surface area (TPSA) is 63.1 Å². The summed E-state index contributed by atoms with van der Waals surface area (Å²) in [6.07, 6.45) is 1.42. The maximum absolute atomic E-state index is 14.0. The summed E-state index contributed by atoms with van der Waals surface area (Å²) < 4.78 is 14.0. The molecule has 0 aliphatic heterocycles. The Morgan fingerprint density at radius 1 is 1.14 bits per heavy atom. The first-order chi connectivity index (χ1) is 10.1. The quantitative estimate of drug-likeness (QED) is 0.748. The maximum atomic E-state index is 14.0. The van der Waals surface area contributed by atoms with Crippen molar-refractivity contribution in [2.24, 2.45) is 0 Å². The fourth-order valence-electron chi connectivity index (χ4n) is 1.88. The summed E-state index contributed by atoms with van der Waals surface area (Å²) in [5, 5.41) is 10.3. The summed E-state index contributed by atoms with van der Waals surface area (Å²) in [6.45, 7) is 0. The summed E-state index contributed by atoms with van der Waals surface area (Å²) in [7, 11) is 0. The van der Waals surface area contributed by atoms with Gasteiger partial charge in [-0.3, -0.25) is 0 Å². The highest BCUT2D eigenvalue weighted by molar-refractivity contribution is 7.99. The molecule has 1 aromatic heterocycles. The molecular weight excluding hydrogens is 291 g/mol. The first-order valence-electron chi connectivity index (χ1n) is 6.05. The molecule has 0 radical (unpaired) electrons. The smallest absolute Gasteiger partial charge is 0.335 e. The van der Waals surface area contributed by atoms with Crippen LogP contribution in [0.5, 0.6) is 0 Å². The van der Waals surface area contributed by atoms with E-state index in [9.17, 15) is 9.18 Å². The SMILES string of the molecule is O=C(O)c1ccc(Sc2ncnc3ccccc23)c(F)c1. The molecule has 0 unspecified atom stereocenters. The molecule has 0 saturated heterocycles. The third kappa shape index (κ3) is 2.71. The lowest BCUT2D eigenvalue weighted by Crippen LogP contribution is -1.97. The van der Waals surface area contributed by atoms with Gasteiger partial charge in [0.2, 0.25) is 0 Å². The Morgan fingerprint density at radius 2 is 1.95 bits per heavy atom. The Bertz CT molecular complexity index is 834. The number of para-hydroxylation sites is 1. The fourth-order valence-corrected chi connectivity index (χ4v) is 2.77. The van der Waals surface area contributed by atoms with Crippen LogP contribution in [0.1, 0.15) is 10.4 Å². The molecule has 3 rings (SSSR count). The predicted octanol–water partition coefficient (Wildman–Crippen LogP) is 3.62. The van der Waals surface area contributed by atoms with Crippen LogP contribution in [0, 0.1) is 5.82 Å². The highest BCUT2D eigenvalue weighted by atomic mass is 32.2. The highest BCUT2D eigenvalue weighted by Crippen LogP contribution is 2.32. The molecule has 4 nitrogen and oxygen atoms in total. The fraction of sp³-hybridized carbons (Fsp3) is 0. The van der Waals surface area contributed by atoms with Crippen LogP contribution in [0.3, 0.4) is 0 Å². The molecule has 1 N–H and O–H groups in total. The zero-order chi connectivity index (χ0) is 14.8. The zero-order valence-electron chi connectivity index (χ0n) is 10.7. The van der Waals surface area contributed by atoms with Gasteiger partial charge in [0, 0.05) is 10.3 Å². The highest BCUT2D eigenvalue weighted by Gasteiger charge is 2.12. The summed E-state index contributed by atoms with van der Waals surface area (Å²) in [6, 6.07) is 11.3. The standard InChI is InChI=1S/C15H9FN2O2S/c16-11-7-9(15(19)20)5-6-13(11)21-14-10-3-1-2-4-12(10)17-8-18-14/h1-8H,(H,19,20). The van der Waals surface area contributed by atoms with Crippen molar-refractivity contribution >= 4 is 28.6 Å². The van der Waals surface area contributed by atoms with Gasteiger partial charge in [-0.25, -0.2) is 19.2 Å². The van der Waals surface area contributed by atoms with Crippen LogP contribution in [-0.2, 0) is 0 Å². The molecule has 2 aromatic carbocycles. The number of carboxylic acids is 1. The van der Waals surface area contributed by atoms with E-state index in [1.807, 2.05) is 24.3 Å². The largest absolute Gasteiger partial charge is 0.478 e. The molecule has 3 aromatic rings. The van der Waals surface area contributed by atoms with Crippen molar-refractivity contribution in [3.05, 3.63) is 60.2 Å². The van der Waals surface area contributed by atoms with Gasteiger partial charge in [-0.15, -0.1) is 0 Å². The average Bonchev–Trinajstić information content (AvgIpc) is 2.49. The van der Waals surface area contributed by atoms with Gasteiger partial charge in [0.25, 0.3) is 0 Å². The van der Waals surface area contributed by atoms with Crippen LogP contribution in [0.25, 0.3) is 10.9 Å². The molecule has 0 spiro atoms. The van der Waals surface area contributed by atoms with Crippen LogP contribution in [-0.4, -0.2) is 21.0 Å². The second-order valence-corrected chi connectivity index (χ2v) is 5.28. The summed E-state index contributed by atoms with van der Waals surface area (Å²) in [5.41, 5.74) is 0.696. The molecule has 0 amide bonds. The molecule has 21 heavy (non-hydrogen) atoms. The van der Waals surface area contributed by atoms with Gasteiger partial charge in [-0.1, -0.05) is 30.0 Å². The number of fused-ring (bicyclic) bond motifs is 1. The zero-order valence-corrected chi connectivity index (χ0v) is 11.5. The number of aromatic carboxylic acids is 1. The number of rotatable bonds is 3. The number of carbonyl (C=O) groups is 1. The summed E-state index contributed by atoms with van der Waals surface area (Å²) in [5.74, 6) is -1.74. The first kappa shape index (κ1) is 13.5. The van der Waals surface area contributed by atoms with Gasteiger partial charge in [0.05, 0.1) is 11.1 Å². The molecule has 0 aliphatic rings. The van der Waals surface area contributed by atoms with E-state index in [0.717, 1.165) is 28.7 Å². The van der Waals surface area contributed by atoms with E-state index in [-0.39, 0.29) is 5.56 Å². The van der Waals surface area contributed by atoms with E-state index in [1.54, 1.807) is 0 Å². The van der Waals surface area contributed by atoms with E-state index in [2.05, 4.69) is 9.97 Å². The monoisotopic (exact) mass is 300 g/mol. The van der Waals surface area contributed by atoms with Crippen molar-refractivity contribution in [1.29, 1.82) is 0 Å². The van der Waals surface area contributed by atoms with Crippen molar-refractivity contribution in [1.82, 2.24) is 9.97 Å². The number of nitrogens with zero attached hydrogens (tertiary/aromatic N) is 2. The van der Waals surface area contributed by atoms with E-state index < -0.39 is 11.8 Å². The van der Waals surface area contributed by atoms with Gasteiger partial charge >= 0.3 is 5.97 Å². The van der Waals surface area contributed by atoms with Gasteiger partial charge in [0.15, 0.2) is 0 Å². The van der Waals surface area contributed by atoms with Crippen LogP contribution in [0.2, 0.25) is 0 Å². The van der Waals surface area contributed by atoms with Gasteiger partial charge in [0.1, 0.15) is 17.2 Å². The minimum absolute atomic E-state index is 0.0793. The molecular formula is C15H9FN2O2S. The number of benzene rings is 2. The molecule has 6 heteroatoms. The number of hydrogen-bond donors (Lipinski definition) is 1. The van der Waals surface area contributed by atoms with Gasteiger partial charge in [-0.2, -0.15) is 0 Å². The van der Waals surface area contributed by atoms with E-state index in [0.29, 0.717) is 9.92 Å². The second kappa shape index (κ2) is 5.49. The molecule has 0 atom stereocenters. The van der Waals surface area contributed by atoms with E-state index in [4.69, 9.17) is 5.11 Å². The molecule has 0 fully saturated rings. The Hall–Kier alpha value is -2.47. The Balaban J connectivity index is 2.01. The van der Waals surface area contributed by atoms with Crippen LogP contribution in [0.4, 0.5) is 4.39 Å². The summed E-state index contributed by atoms with van der Waals surface area (Å²) in [4.78, 5) is 19.4. The first-order valence-corrected chi connectivity index (χ1v) is 6.87. The number of carboxylic acid groups (broad SMARTS) is 1. The second-order valence-electron chi connectivity index (χ2n) is 4.25. The van der Waals surface area contributed by atoms with E-state index >= 15 is 0 Å². The summed E-state index contributed by atoms with van der Waals surface area (Å²) >= 11 is 1.15. The van der Waals surface area contributed by atoms with Crippen molar-refractivity contribution in [3.63, 3.8) is 0 Å². The van der Waals surface area contributed by atoms with Crippen LogP contribution < -0.4 is 0 Å². The number of halogens is 1. The van der Waals surface area contributed by atoms with Crippen molar-refractivity contribution < 1.29 is 14.3 Å². The number of hydrogen-bond acceptors (Lipinski definition) is 4. The maximum Gasteiger partial charge on any atom is 0.335 e. The van der Waals surface area contributed by atoms with Gasteiger partial charge in [-0.05, 0) is 24.3 Å². The molecule has 1 heterocycles. The van der Waals surface area contributed by atoms with Crippen molar-refractivity contribution in [2.45, 2.75) is 9.92 Å². The van der Waals surface area contributed by atoms with Gasteiger partial charge < -0.3 is 5.11 Å². The third-order valence-corrected chi connectivity index (χ3v) is 3.96. The Morgan fingerprint density at radius 3 is 2.71 bits per heavy atom. The third-order valence-electron chi connectivity index (χ3n) is 2.89. The lowest BCUT2D eigenvalue weighted by molar-refractivity contribution is 0.0696. The lowest BCUT2D eigenvalue weighted by atomic mass is 10.2. The lowest BCUT2D eigenvalue weighted by Gasteiger charge is -2.06. The minimum Gasteiger partial charge on any atom is -0.478 e. The Kier molecular flexibility index (Phi) is 3.53. The molecule has 0 aliphatic carbocycles. The molecule has 0 bridgehead atoms. The normalized spacial score (nSPS) is 10.7. The number of aromatic nitrogens is 2. The van der Waals surface area contributed by atoms with E-state index in [1.165, 1.54) is 18.5 Å². The Labute approximate surface area is 123 Å². The van der Waals surface area contributed by atoms with Crippen LogP contribution in [0.15, 0.2) is 58.7 Å². The van der Waals surface area contributed by atoms with Crippen molar-refractivity contribution in [3.8, 4) is 0 Å².